The van der Waals surface area contributed by atoms with Gasteiger partial charge in [-0.3, -0.25) is 0 Å². The Morgan fingerprint density at radius 3 is 2.67 bits per heavy atom. The Kier molecular flexibility index (Phi) is 5.60. The van der Waals surface area contributed by atoms with E-state index in [2.05, 4.69) is 62.1 Å². The van der Waals surface area contributed by atoms with E-state index in [4.69, 9.17) is 0 Å². The molecule has 0 aliphatic heterocycles. The van der Waals surface area contributed by atoms with Crippen molar-refractivity contribution >= 4 is 5.82 Å². The van der Waals surface area contributed by atoms with E-state index in [-0.39, 0.29) is 5.54 Å². The van der Waals surface area contributed by atoms with Crippen LogP contribution in [0.1, 0.15) is 46.1 Å². The zero-order chi connectivity index (χ0) is 13.6. The van der Waals surface area contributed by atoms with Crippen molar-refractivity contribution in [2.24, 2.45) is 0 Å². The van der Waals surface area contributed by atoms with Crippen LogP contribution in [0, 0.1) is 0 Å². The molecule has 0 atom stereocenters. The average molecular weight is 249 g/mol. The summed E-state index contributed by atoms with van der Waals surface area (Å²) >= 11 is 0. The molecule has 0 radical (unpaired) electrons. The molecule has 1 rings (SSSR count). The minimum atomic E-state index is 0.150. The van der Waals surface area contributed by atoms with Gasteiger partial charge >= 0.3 is 0 Å². The summed E-state index contributed by atoms with van der Waals surface area (Å²) in [6, 6.07) is 4.25. The molecule has 0 aliphatic rings. The van der Waals surface area contributed by atoms with E-state index < -0.39 is 0 Å². The Morgan fingerprint density at radius 2 is 2.06 bits per heavy atom. The van der Waals surface area contributed by atoms with Gasteiger partial charge in [0.2, 0.25) is 0 Å². The first-order valence-electron chi connectivity index (χ1n) is 6.83. The number of rotatable bonds is 6. The Bertz CT molecular complexity index is 355. The highest BCUT2D eigenvalue weighted by Crippen LogP contribution is 2.12. The largest absolute Gasteiger partial charge is 0.360 e. The summed E-state index contributed by atoms with van der Waals surface area (Å²) in [4.78, 5) is 6.66. The second-order valence-corrected chi connectivity index (χ2v) is 5.90. The third-order valence-electron chi connectivity index (χ3n) is 2.87. The predicted molar refractivity (Wildman–Crippen MR) is 79.0 cm³/mol. The second kappa shape index (κ2) is 6.74. The Labute approximate surface area is 112 Å². The summed E-state index contributed by atoms with van der Waals surface area (Å²) in [6.07, 6.45) is 4.33. The summed E-state index contributed by atoms with van der Waals surface area (Å²) < 4.78 is 0. The maximum Gasteiger partial charge on any atom is 0.128 e. The molecule has 0 unspecified atom stereocenters. The van der Waals surface area contributed by atoms with Crippen LogP contribution in [0.5, 0.6) is 0 Å². The van der Waals surface area contributed by atoms with Crippen LogP contribution in [-0.4, -0.2) is 24.1 Å². The van der Waals surface area contributed by atoms with Crippen molar-refractivity contribution in [2.45, 2.75) is 52.6 Å². The van der Waals surface area contributed by atoms with E-state index >= 15 is 0 Å². The molecule has 0 aliphatic carbocycles. The standard InChI is InChI=1S/C15H27N3/c1-6-7-10-18(5)14-11-13(8-9-16-14)12-17-15(2,3)4/h8-9,11,17H,6-7,10,12H2,1-5H3. The van der Waals surface area contributed by atoms with Gasteiger partial charge in [0.1, 0.15) is 5.82 Å². The highest BCUT2D eigenvalue weighted by molar-refractivity contribution is 5.39. The Hall–Kier alpha value is -1.09. The van der Waals surface area contributed by atoms with E-state index in [0.29, 0.717) is 0 Å². The average Bonchev–Trinajstić information content (AvgIpc) is 2.33. The van der Waals surface area contributed by atoms with Crippen LogP contribution in [0.15, 0.2) is 18.3 Å². The number of anilines is 1. The predicted octanol–water partition coefficient (Wildman–Crippen LogP) is 3.21. The first-order valence-corrected chi connectivity index (χ1v) is 6.83. The van der Waals surface area contributed by atoms with Gasteiger partial charge in [0.05, 0.1) is 0 Å². The minimum Gasteiger partial charge on any atom is -0.360 e. The third-order valence-corrected chi connectivity index (χ3v) is 2.87. The fourth-order valence-corrected chi connectivity index (χ4v) is 1.66. The van der Waals surface area contributed by atoms with E-state index in [1.165, 1.54) is 18.4 Å². The quantitative estimate of drug-likeness (QED) is 0.839. The van der Waals surface area contributed by atoms with Crippen LogP contribution in [0.3, 0.4) is 0 Å². The second-order valence-electron chi connectivity index (χ2n) is 5.90. The van der Waals surface area contributed by atoms with Crippen molar-refractivity contribution in [3.63, 3.8) is 0 Å². The van der Waals surface area contributed by atoms with Crippen LogP contribution in [-0.2, 0) is 6.54 Å². The van der Waals surface area contributed by atoms with Crippen molar-refractivity contribution in [3.05, 3.63) is 23.9 Å². The molecular weight excluding hydrogens is 222 g/mol. The molecular formula is C15H27N3. The molecule has 1 heterocycles. The summed E-state index contributed by atoms with van der Waals surface area (Å²) in [7, 11) is 2.11. The van der Waals surface area contributed by atoms with Gasteiger partial charge in [0.25, 0.3) is 0 Å². The summed E-state index contributed by atoms with van der Waals surface area (Å²) in [5.41, 5.74) is 1.44. The molecule has 1 aromatic heterocycles. The molecule has 0 amide bonds. The summed E-state index contributed by atoms with van der Waals surface area (Å²) in [6.45, 7) is 10.7. The lowest BCUT2D eigenvalue weighted by Crippen LogP contribution is -2.35. The van der Waals surface area contributed by atoms with Crippen molar-refractivity contribution in [3.8, 4) is 0 Å². The van der Waals surface area contributed by atoms with Gasteiger partial charge in [0, 0.05) is 31.9 Å². The van der Waals surface area contributed by atoms with Crippen LogP contribution >= 0.6 is 0 Å². The van der Waals surface area contributed by atoms with Crippen LogP contribution < -0.4 is 10.2 Å². The van der Waals surface area contributed by atoms with Crippen LogP contribution in [0.4, 0.5) is 5.82 Å². The zero-order valence-corrected chi connectivity index (χ0v) is 12.5. The molecule has 0 fully saturated rings. The monoisotopic (exact) mass is 249 g/mol. The molecule has 1 N–H and O–H groups in total. The lowest BCUT2D eigenvalue weighted by molar-refractivity contribution is 0.424. The van der Waals surface area contributed by atoms with Gasteiger partial charge in [-0.05, 0) is 44.9 Å². The maximum atomic E-state index is 4.43. The third kappa shape index (κ3) is 5.50. The van der Waals surface area contributed by atoms with E-state index in [1.54, 1.807) is 0 Å². The number of pyridine rings is 1. The van der Waals surface area contributed by atoms with Crippen molar-refractivity contribution < 1.29 is 0 Å². The summed E-state index contributed by atoms with van der Waals surface area (Å²) in [5, 5.41) is 3.50. The van der Waals surface area contributed by atoms with Crippen molar-refractivity contribution in [1.29, 1.82) is 0 Å². The van der Waals surface area contributed by atoms with Gasteiger partial charge in [-0.1, -0.05) is 13.3 Å². The molecule has 0 saturated heterocycles. The number of hydrogen-bond acceptors (Lipinski definition) is 3. The van der Waals surface area contributed by atoms with Crippen LogP contribution in [0.25, 0.3) is 0 Å². The van der Waals surface area contributed by atoms with E-state index in [0.717, 1.165) is 18.9 Å². The first-order chi connectivity index (χ1) is 8.42. The highest BCUT2D eigenvalue weighted by atomic mass is 15.2. The topological polar surface area (TPSA) is 28.2 Å². The van der Waals surface area contributed by atoms with Crippen molar-refractivity contribution in [2.75, 3.05) is 18.5 Å². The Balaban J connectivity index is 2.61. The minimum absolute atomic E-state index is 0.150. The molecule has 18 heavy (non-hydrogen) atoms. The number of nitrogens with one attached hydrogen (secondary N) is 1. The van der Waals surface area contributed by atoms with Gasteiger partial charge in [-0.25, -0.2) is 4.98 Å². The van der Waals surface area contributed by atoms with E-state index in [1.807, 2.05) is 6.20 Å². The molecule has 0 bridgehead atoms. The van der Waals surface area contributed by atoms with Gasteiger partial charge in [-0.15, -0.1) is 0 Å². The van der Waals surface area contributed by atoms with Gasteiger partial charge in [-0.2, -0.15) is 0 Å². The summed E-state index contributed by atoms with van der Waals surface area (Å²) in [5.74, 6) is 1.07. The molecule has 3 nitrogen and oxygen atoms in total. The molecule has 102 valence electrons. The fourth-order valence-electron chi connectivity index (χ4n) is 1.66. The molecule has 0 spiro atoms. The number of hydrogen-bond donors (Lipinski definition) is 1. The molecule has 1 aromatic rings. The van der Waals surface area contributed by atoms with E-state index in [9.17, 15) is 0 Å². The molecule has 0 saturated carbocycles. The number of unbranched alkanes of at least 4 members (excludes halogenated alkanes) is 1. The first kappa shape index (κ1) is 15.0. The zero-order valence-electron chi connectivity index (χ0n) is 12.5. The highest BCUT2D eigenvalue weighted by Gasteiger charge is 2.09. The fraction of sp³-hybridized carbons (Fsp3) is 0.667. The Morgan fingerprint density at radius 1 is 1.33 bits per heavy atom. The molecule has 3 heteroatoms. The lowest BCUT2D eigenvalue weighted by atomic mass is 10.1. The normalized spacial score (nSPS) is 11.6. The number of aromatic nitrogens is 1. The maximum absolute atomic E-state index is 4.43. The van der Waals surface area contributed by atoms with Crippen LogP contribution in [0.2, 0.25) is 0 Å². The van der Waals surface area contributed by atoms with Gasteiger partial charge in [0.15, 0.2) is 0 Å². The van der Waals surface area contributed by atoms with Gasteiger partial charge < -0.3 is 10.2 Å². The molecule has 0 aromatic carbocycles. The number of nitrogens with zero attached hydrogens (tertiary/aromatic N) is 2. The lowest BCUT2D eigenvalue weighted by Gasteiger charge is -2.22. The van der Waals surface area contributed by atoms with Crippen molar-refractivity contribution in [1.82, 2.24) is 10.3 Å². The smallest absolute Gasteiger partial charge is 0.128 e. The SMILES string of the molecule is CCCCN(C)c1cc(CNC(C)(C)C)ccn1.